The van der Waals surface area contributed by atoms with Crippen LogP contribution in [0.5, 0.6) is 0 Å². The van der Waals surface area contributed by atoms with E-state index in [9.17, 15) is 4.79 Å². The van der Waals surface area contributed by atoms with Crippen molar-refractivity contribution in [2.75, 3.05) is 29.9 Å². The minimum Gasteiger partial charge on any atom is -0.354 e. The van der Waals surface area contributed by atoms with Crippen LogP contribution in [0.3, 0.4) is 0 Å². The second kappa shape index (κ2) is 9.89. The molecular weight excluding hydrogens is 428 g/mol. The van der Waals surface area contributed by atoms with Gasteiger partial charge in [-0.3, -0.25) is 20.5 Å². The predicted octanol–water partition coefficient (Wildman–Crippen LogP) is 3.38. The summed E-state index contributed by atoms with van der Waals surface area (Å²) in [6.07, 6.45) is 2.80. The summed E-state index contributed by atoms with van der Waals surface area (Å²) in [6, 6.07) is 7.72. The van der Waals surface area contributed by atoms with Gasteiger partial charge in [-0.1, -0.05) is 13.0 Å². The van der Waals surface area contributed by atoms with E-state index in [-0.39, 0.29) is 11.7 Å². The number of nitrogens with zero attached hydrogens (tertiary/aromatic N) is 5. The molecule has 1 saturated heterocycles. The Bertz CT molecular complexity index is 1110. The maximum atomic E-state index is 13.5. The number of nitrogens with one attached hydrogen (secondary N) is 3. The number of amides is 1. The molecule has 0 saturated carbocycles. The van der Waals surface area contributed by atoms with Crippen LogP contribution >= 0.6 is 0 Å². The normalized spacial score (nSPS) is 17.3. The smallest absolute Gasteiger partial charge is 0.260 e. The molecule has 180 valence electrons. The number of pyridine rings is 2. The average molecular weight is 463 g/mol. The average Bonchev–Trinajstić information content (AvgIpc) is 3.42. The van der Waals surface area contributed by atoms with E-state index >= 15 is 0 Å². The highest BCUT2D eigenvalue weighted by molar-refractivity contribution is 6.11. The summed E-state index contributed by atoms with van der Waals surface area (Å²) in [5, 5.41) is 19.9. The second-order valence-electron chi connectivity index (χ2n) is 8.83. The van der Waals surface area contributed by atoms with E-state index in [1.807, 2.05) is 33.0 Å². The molecular formula is C25H34N8O. The van der Waals surface area contributed by atoms with Crippen LogP contribution in [0, 0.1) is 10.8 Å². The predicted molar refractivity (Wildman–Crippen MR) is 135 cm³/mol. The van der Waals surface area contributed by atoms with Gasteiger partial charge in [-0.05, 0) is 51.9 Å². The molecule has 2 aliphatic rings. The molecule has 1 amide bonds. The molecule has 0 spiro atoms. The SMILES string of the molecule is CCC(=N)N(CC)C(=N)c1cccc(N2Cc3c(cc(N4CCCC4C)nc3CNC)C2=O)n1. The topological polar surface area (TPSA) is 112 Å². The fraction of sp³-hybridized carbons (Fsp3) is 0.480. The van der Waals surface area contributed by atoms with Gasteiger partial charge in [0.05, 0.1) is 17.8 Å². The quantitative estimate of drug-likeness (QED) is 0.430. The summed E-state index contributed by atoms with van der Waals surface area (Å²) in [7, 11) is 1.89. The third kappa shape index (κ3) is 4.27. The number of fused-ring (bicyclic) bond motifs is 1. The van der Waals surface area contributed by atoms with Crippen molar-refractivity contribution in [1.29, 1.82) is 10.8 Å². The van der Waals surface area contributed by atoms with Crippen molar-refractivity contribution in [3.63, 3.8) is 0 Å². The molecule has 2 aliphatic heterocycles. The highest BCUT2D eigenvalue weighted by Gasteiger charge is 2.34. The number of rotatable bonds is 7. The van der Waals surface area contributed by atoms with Crippen molar-refractivity contribution >= 4 is 29.2 Å². The highest BCUT2D eigenvalue weighted by atomic mass is 16.2. The Balaban J connectivity index is 1.67. The Hall–Kier alpha value is -3.33. The van der Waals surface area contributed by atoms with Gasteiger partial charge in [-0.15, -0.1) is 0 Å². The van der Waals surface area contributed by atoms with E-state index in [2.05, 4.69) is 22.1 Å². The van der Waals surface area contributed by atoms with Crippen molar-refractivity contribution in [3.05, 3.63) is 46.8 Å². The van der Waals surface area contributed by atoms with E-state index in [0.717, 1.165) is 36.5 Å². The number of amidine groups is 2. The summed E-state index contributed by atoms with van der Waals surface area (Å²) < 4.78 is 0. The van der Waals surface area contributed by atoms with Crippen molar-refractivity contribution < 1.29 is 4.79 Å². The van der Waals surface area contributed by atoms with Gasteiger partial charge in [0.2, 0.25) is 0 Å². The van der Waals surface area contributed by atoms with Gasteiger partial charge in [0.1, 0.15) is 23.2 Å². The Morgan fingerprint density at radius 2 is 2.03 bits per heavy atom. The molecule has 4 rings (SSSR count). The van der Waals surface area contributed by atoms with Gasteiger partial charge in [-0.25, -0.2) is 9.97 Å². The molecule has 0 aliphatic carbocycles. The molecule has 0 radical (unpaired) electrons. The summed E-state index contributed by atoms with van der Waals surface area (Å²) >= 11 is 0. The molecule has 9 heteroatoms. The maximum Gasteiger partial charge on any atom is 0.260 e. The molecule has 1 unspecified atom stereocenters. The second-order valence-corrected chi connectivity index (χ2v) is 8.83. The number of hydrogen-bond acceptors (Lipinski definition) is 7. The fourth-order valence-corrected chi connectivity index (χ4v) is 4.79. The van der Waals surface area contributed by atoms with E-state index < -0.39 is 0 Å². The molecule has 1 atom stereocenters. The molecule has 0 bridgehead atoms. The monoisotopic (exact) mass is 462 g/mol. The minimum absolute atomic E-state index is 0.0901. The standard InChI is InChI=1S/C25H34N8O/c1-5-21(26)31(6-2)24(27)19-10-7-11-22(29-19)33-15-18-17(25(33)34)13-23(30-20(18)14-28-4)32-12-8-9-16(32)3/h7,10-11,13,16,26-28H,5-6,8-9,12,14-15H2,1-4H3. The van der Waals surface area contributed by atoms with E-state index in [1.54, 1.807) is 21.9 Å². The van der Waals surface area contributed by atoms with Crippen molar-refractivity contribution in [2.45, 2.75) is 59.2 Å². The number of anilines is 2. The number of carbonyl (C=O) groups is 1. The number of hydrogen-bond donors (Lipinski definition) is 3. The van der Waals surface area contributed by atoms with E-state index in [1.165, 1.54) is 0 Å². The zero-order chi connectivity index (χ0) is 24.4. The Kier molecular flexibility index (Phi) is 6.92. The lowest BCUT2D eigenvalue weighted by Gasteiger charge is -2.24. The molecule has 1 fully saturated rings. The Labute approximate surface area is 201 Å². The number of carbonyl (C=O) groups excluding carboxylic acids is 1. The molecule has 2 aromatic heterocycles. The van der Waals surface area contributed by atoms with Crippen LogP contribution in [0.1, 0.15) is 67.3 Å². The first-order chi connectivity index (χ1) is 16.4. The van der Waals surface area contributed by atoms with Gasteiger partial charge >= 0.3 is 0 Å². The van der Waals surface area contributed by atoms with Gasteiger partial charge < -0.3 is 15.1 Å². The third-order valence-electron chi connectivity index (χ3n) is 6.68. The van der Waals surface area contributed by atoms with Gasteiger partial charge in [0.15, 0.2) is 5.84 Å². The van der Waals surface area contributed by atoms with Crippen LogP contribution in [0.25, 0.3) is 0 Å². The zero-order valence-electron chi connectivity index (χ0n) is 20.5. The third-order valence-corrected chi connectivity index (χ3v) is 6.68. The Morgan fingerprint density at radius 1 is 1.24 bits per heavy atom. The molecule has 4 heterocycles. The van der Waals surface area contributed by atoms with Crippen LogP contribution in [0.2, 0.25) is 0 Å². The van der Waals surface area contributed by atoms with Gasteiger partial charge in [0, 0.05) is 37.7 Å². The van der Waals surface area contributed by atoms with Crippen molar-refractivity contribution in [3.8, 4) is 0 Å². The van der Waals surface area contributed by atoms with Crippen LogP contribution < -0.4 is 15.1 Å². The van der Waals surface area contributed by atoms with Crippen molar-refractivity contribution in [1.82, 2.24) is 20.2 Å². The Morgan fingerprint density at radius 3 is 2.68 bits per heavy atom. The van der Waals surface area contributed by atoms with E-state index in [0.29, 0.717) is 55.0 Å². The fourth-order valence-electron chi connectivity index (χ4n) is 4.79. The molecule has 34 heavy (non-hydrogen) atoms. The van der Waals surface area contributed by atoms with Crippen molar-refractivity contribution in [2.24, 2.45) is 0 Å². The lowest BCUT2D eigenvalue weighted by atomic mass is 10.1. The largest absolute Gasteiger partial charge is 0.354 e. The van der Waals surface area contributed by atoms with Crippen LogP contribution in [-0.4, -0.2) is 58.6 Å². The first kappa shape index (κ1) is 23.8. The highest BCUT2D eigenvalue weighted by Crippen LogP contribution is 2.33. The lowest BCUT2D eigenvalue weighted by molar-refractivity contribution is 0.0996. The molecule has 3 N–H and O–H groups in total. The summed E-state index contributed by atoms with van der Waals surface area (Å²) in [4.78, 5) is 28.7. The molecule has 0 aromatic carbocycles. The zero-order valence-corrected chi connectivity index (χ0v) is 20.5. The van der Waals surface area contributed by atoms with Gasteiger partial charge in [-0.2, -0.15) is 0 Å². The summed E-state index contributed by atoms with van der Waals surface area (Å²) in [6.45, 7) is 8.48. The first-order valence-corrected chi connectivity index (χ1v) is 12.1. The summed E-state index contributed by atoms with van der Waals surface area (Å²) in [5.41, 5.74) is 2.95. The minimum atomic E-state index is -0.0901. The lowest BCUT2D eigenvalue weighted by Crippen LogP contribution is -2.36. The van der Waals surface area contributed by atoms with Crippen LogP contribution in [0.15, 0.2) is 24.3 Å². The maximum absolute atomic E-state index is 13.5. The van der Waals surface area contributed by atoms with Crippen LogP contribution in [-0.2, 0) is 13.1 Å². The summed E-state index contributed by atoms with van der Waals surface area (Å²) in [5.74, 6) is 1.82. The first-order valence-electron chi connectivity index (χ1n) is 12.1. The van der Waals surface area contributed by atoms with E-state index in [4.69, 9.17) is 15.8 Å². The van der Waals surface area contributed by atoms with Crippen LogP contribution in [0.4, 0.5) is 11.6 Å². The van der Waals surface area contributed by atoms with Gasteiger partial charge in [0.25, 0.3) is 5.91 Å². The molecule has 9 nitrogen and oxygen atoms in total. The number of aromatic nitrogens is 2. The molecule has 2 aromatic rings.